The summed E-state index contributed by atoms with van der Waals surface area (Å²) < 4.78 is 26.1. The predicted molar refractivity (Wildman–Crippen MR) is 138 cm³/mol. The monoisotopic (exact) mass is 527 g/mol. The van der Waals surface area contributed by atoms with Gasteiger partial charge in [-0.1, -0.05) is 53.5 Å². The van der Waals surface area contributed by atoms with Gasteiger partial charge < -0.3 is 10.2 Å². The Kier molecular flexibility index (Phi) is 9.39. The first-order valence-electron chi connectivity index (χ1n) is 10.8. The number of nitrogens with one attached hydrogen (secondary N) is 1. The Morgan fingerprint density at radius 1 is 1.06 bits per heavy atom. The van der Waals surface area contributed by atoms with Gasteiger partial charge in [0.1, 0.15) is 12.6 Å². The zero-order valence-corrected chi connectivity index (χ0v) is 22.3. The molecule has 0 aliphatic rings. The Labute approximate surface area is 212 Å². The van der Waals surface area contributed by atoms with Crippen molar-refractivity contribution in [2.45, 2.75) is 45.7 Å². The molecule has 2 amide bonds. The molecule has 0 spiro atoms. The maximum absolute atomic E-state index is 13.5. The van der Waals surface area contributed by atoms with E-state index in [1.165, 1.54) is 23.1 Å². The lowest BCUT2D eigenvalue weighted by Gasteiger charge is -2.33. The van der Waals surface area contributed by atoms with E-state index >= 15 is 0 Å². The zero-order chi connectivity index (χ0) is 25.7. The molecule has 1 atom stereocenters. The van der Waals surface area contributed by atoms with Gasteiger partial charge in [-0.15, -0.1) is 0 Å². The molecule has 2 aromatic carbocycles. The van der Waals surface area contributed by atoms with Gasteiger partial charge in [0, 0.05) is 17.1 Å². The minimum Gasteiger partial charge on any atom is -0.350 e. The number of amides is 2. The summed E-state index contributed by atoms with van der Waals surface area (Å²) >= 11 is 12.2. The van der Waals surface area contributed by atoms with E-state index in [4.69, 9.17) is 23.2 Å². The molecule has 0 aliphatic carbocycles. The smallest absolute Gasteiger partial charge is 0.244 e. The predicted octanol–water partition coefficient (Wildman–Crippen LogP) is 4.13. The third kappa shape index (κ3) is 8.18. The maximum atomic E-state index is 13.5. The van der Waals surface area contributed by atoms with Crippen molar-refractivity contribution in [1.29, 1.82) is 0 Å². The number of anilines is 1. The Hall–Kier alpha value is -2.29. The molecular formula is C24H31Cl2N3O4S. The summed E-state index contributed by atoms with van der Waals surface area (Å²) in [5, 5.41) is 3.32. The quantitative estimate of drug-likeness (QED) is 0.530. The average Bonchev–Trinajstić information content (AvgIpc) is 2.71. The van der Waals surface area contributed by atoms with Crippen molar-refractivity contribution in [1.82, 2.24) is 10.2 Å². The van der Waals surface area contributed by atoms with E-state index in [9.17, 15) is 18.0 Å². The molecule has 0 aromatic heterocycles. The Morgan fingerprint density at radius 2 is 1.68 bits per heavy atom. The fourth-order valence-electron chi connectivity index (χ4n) is 3.32. The van der Waals surface area contributed by atoms with Gasteiger partial charge in [-0.25, -0.2) is 8.42 Å². The van der Waals surface area contributed by atoms with Gasteiger partial charge in [0.25, 0.3) is 0 Å². The lowest BCUT2D eigenvalue weighted by atomic mass is 10.1. The third-order valence-electron chi connectivity index (χ3n) is 5.01. The highest BCUT2D eigenvalue weighted by Crippen LogP contribution is 2.30. The molecule has 1 N–H and O–H groups in total. The molecule has 0 aliphatic heterocycles. The fourth-order valence-corrected chi connectivity index (χ4v) is 4.74. The van der Waals surface area contributed by atoms with E-state index in [-0.39, 0.29) is 23.2 Å². The molecule has 34 heavy (non-hydrogen) atoms. The molecule has 0 unspecified atom stereocenters. The van der Waals surface area contributed by atoms with E-state index in [1.54, 1.807) is 6.92 Å². The van der Waals surface area contributed by atoms with Crippen LogP contribution in [0.25, 0.3) is 0 Å². The topological polar surface area (TPSA) is 86.8 Å². The van der Waals surface area contributed by atoms with Gasteiger partial charge in [-0.3, -0.25) is 13.9 Å². The number of nitrogens with zero attached hydrogens (tertiary/aromatic N) is 2. The summed E-state index contributed by atoms with van der Waals surface area (Å²) in [4.78, 5) is 27.7. The average molecular weight is 529 g/mol. The summed E-state index contributed by atoms with van der Waals surface area (Å²) in [5.74, 6) is -0.853. The first kappa shape index (κ1) is 28.0. The van der Waals surface area contributed by atoms with Crippen LogP contribution in [0.4, 0.5) is 5.69 Å². The van der Waals surface area contributed by atoms with E-state index < -0.39 is 34.1 Å². The second kappa shape index (κ2) is 11.4. The number of carbonyl (C=O) groups excluding carboxylic acids is 2. The summed E-state index contributed by atoms with van der Waals surface area (Å²) in [6.07, 6.45) is 1.50. The highest BCUT2D eigenvalue weighted by atomic mass is 35.5. The van der Waals surface area contributed by atoms with Crippen LogP contribution in [-0.4, -0.2) is 56.1 Å². The molecule has 0 radical (unpaired) electrons. The molecule has 0 fully saturated rings. The SMILES string of the molecule is C[C@H](C(=O)NC(C)(C)C)N(CCc1ccccc1)C(=O)CN(c1ccc(Cl)cc1Cl)S(C)(=O)=O. The van der Waals surface area contributed by atoms with Crippen molar-refractivity contribution in [3.05, 3.63) is 64.1 Å². The molecule has 186 valence electrons. The van der Waals surface area contributed by atoms with E-state index in [2.05, 4.69) is 5.32 Å². The maximum Gasteiger partial charge on any atom is 0.244 e. The van der Waals surface area contributed by atoms with Crippen LogP contribution in [0.2, 0.25) is 10.0 Å². The van der Waals surface area contributed by atoms with Crippen molar-refractivity contribution in [3.8, 4) is 0 Å². The van der Waals surface area contributed by atoms with Crippen LogP contribution in [0, 0.1) is 0 Å². The van der Waals surface area contributed by atoms with Crippen molar-refractivity contribution >= 4 is 50.7 Å². The van der Waals surface area contributed by atoms with Crippen molar-refractivity contribution in [3.63, 3.8) is 0 Å². The van der Waals surface area contributed by atoms with Crippen molar-refractivity contribution in [2.24, 2.45) is 0 Å². The molecule has 0 saturated carbocycles. The first-order chi connectivity index (χ1) is 15.7. The minimum atomic E-state index is -3.87. The van der Waals surface area contributed by atoms with Gasteiger partial charge in [0.2, 0.25) is 21.8 Å². The number of benzene rings is 2. The normalized spacial score (nSPS) is 12.7. The fraction of sp³-hybridized carbons (Fsp3) is 0.417. The lowest BCUT2D eigenvalue weighted by molar-refractivity contribution is -0.139. The van der Waals surface area contributed by atoms with Gasteiger partial charge in [0.15, 0.2) is 0 Å². The summed E-state index contributed by atoms with van der Waals surface area (Å²) in [6.45, 7) is 6.89. The molecule has 0 saturated heterocycles. The molecule has 2 aromatic rings. The molecular weight excluding hydrogens is 497 g/mol. The number of halogens is 2. The highest BCUT2D eigenvalue weighted by Gasteiger charge is 2.31. The standard InChI is InChI=1S/C24H31Cl2N3O4S/c1-17(23(31)27-24(2,3)4)28(14-13-18-9-7-6-8-10-18)22(30)16-29(34(5,32)33)21-12-11-19(25)15-20(21)26/h6-12,15,17H,13-14,16H2,1-5H3,(H,27,31)/t17-/m1/s1. The zero-order valence-electron chi connectivity index (χ0n) is 20.0. The molecule has 10 heteroatoms. The number of carbonyl (C=O) groups is 2. The largest absolute Gasteiger partial charge is 0.350 e. The van der Waals surface area contributed by atoms with Crippen molar-refractivity contribution < 1.29 is 18.0 Å². The van der Waals surface area contributed by atoms with Crippen LogP contribution in [0.15, 0.2) is 48.5 Å². The van der Waals surface area contributed by atoms with Crippen LogP contribution in [0.1, 0.15) is 33.3 Å². The Morgan fingerprint density at radius 3 is 2.21 bits per heavy atom. The lowest BCUT2D eigenvalue weighted by Crippen LogP contribution is -2.55. The van der Waals surface area contributed by atoms with E-state index in [1.807, 2.05) is 51.1 Å². The van der Waals surface area contributed by atoms with Crippen LogP contribution in [0.5, 0.6) is 0 Å². The third-order valence-corrected chi connectivity index (χ3v) is 6.67. The summed E-state index contributed by atoms with van der Waals surface area (Å²) in [5.41, 5.74) is 0.635. The second-order valence-corrected chi connectivity index (χ2v) is 11.9. The van der Waals surface area contributed by atoms with Gasteiger partial charge >= 0.3 is 0 Å². The van der Waals surface area contributed by atoms with Gasteiger partial charge in [0.05, 0.1) is 17.0 Å². The highest BCUT2D eigenvalue weighted by molar-refractivity contribution is 7.92. The van der Waals surface area contributed by atoms with E-state index in [0.29, 0.717) is 11.4 Å². The minimum absolute atomic E-state index is 0.0973. The van der Waals surface area contributed by atoms with E-state index in [0.717, 1.165) is 16.1 Å². The molecule has 7 nitrogen and oxygen atoms in total. The van der Waals surface area contributed by atoms with Gasteiger partial charge in [-0.2, -0.15) is 0 Å². The summed E-state index contributed by atoms with van der Waals surface area (Å²) in [6, 6.07) is 13.1. The first-order valence-corrected chi connectivity index (χ1v) is 13.4. The number of rotatable bonds is 9. The molecule has 0 heterocycles. The van der Waals surface area contributed by atoms with Crippen LogP contribution in [-0.2, 0) is 26.0 Å². The van der Waals surface area contributed by atoms with Crippen LogP contribution >= 0.6 is 23.2 Å². The summed E-state index contributed by atoms with van der Waals surface area (Å²) in [7, 11) is -3.87. The van der Waals surface area contributed by atoms with Crippen LogP contribution in [0.3, 0.4) is 0 Å². The number of hydrogen-bond donors (Lipinski definition) is 1. The van der Waals surface area contributed by atoms with Crippen molar-refractivity contribution in [2.75, 3.05) is 23.7 Å². The van der Waals surface area contributed by atoms with Gasteiger partial charge in [-0.05, 0) is 57.9 Å². The molecule has 2 rings (SSSR count). The Balaban J connectivity index is 2.36. The second-order valence-electron chi connectivity index (χ2n) is 9.10. The molecule has 0 bridgehead atoms. The number of hydrogen-bond acceptors (Lipinski definition) is 4. The van der Waals surface area contributed by atoms with Crippen LogP contribution < -0.4 is 9.62 Å². The Bertz CT molecular complexity index is 1120. The number of sulfonamides is 1.